The first-order valence-corrected chi connectivity index (χ1v) is 6.80. The van der Waals surface area contributed by atoms with Gasteiger partial charge in [-0.3, -0.25) is 4.99 Å². The summed E-state index contributed by atoms with van der Waals surface area (Å²) in [5.74, 6) is -0.616. The zero-order valence-corrected chi connectivity index (χ0v) is 11.3. The fourth-order valence-corrected chi connectivity index (χ4v) is 2.52. The summed E-state index contributed by atoms with van der Waals surface area (Å²) in [6.45, 7) is 5.61. The second kappa shape index (κ2) is 5.26. The highest BCUT2D eigenvalue weighted by Gasteiger charge is 2.23. The molecule has 1 aliphatic rings. The molecule has 0 radical (unpaired) electrons. The molecule has 1 aromatic carbocycles. The van der Waals surface area contributed by atoms with Gasteiger partial charge in [-0.15, -0.1) is 0 Å². The lowest BCUT2D eigenvalue weighted by molar-refractivity contribution is 0.436. The maximum absolute atomic E-state index is 13.0. The van der Waals surface area contributed by atoms with Crippen LogP contribution in [-0.2, 0) is 6.54 Å². The summed E-state index contributed by atoms with van der Waals surface area (Å²) >= 11 is 1.67. The van der Waals surface area contributed by atoms with Crippen LogP contribution in [0, 0.1) is 17.0 Å². The van der Waals surface area contributed by atoms with Gasteiger partial charge >= 0.3 is 0 Å². The first-order valence-electron chi connectivity index (χ1n) is 5.81. The van der Waals surface area contributed by atoms with Crippen LogP contribution in [0.5, 0.6) is 0 Å². The van der Waals surface area contributed by atoms with Crippen LogP contribution in [-0.4, -0.2) is 17.5 Å². The summed E-state index contributed by atoms with van der Waals surface area (Å²) in [6, 6.07) is 3.93. The van der Waals surface area contributed by atoms with E-state index in [1.807, 2.05) is 0 Å². The van der Waals surface area contributed by atoms with Gasteiger partial charge in [0, 0.05) is 18.8 Å². The van der Waals surface area contributed by atoms with E-state index in [1.165, 1.54) is 6.07 Å². The maximum Gasteiger partial charge on any atom is 0.159 e. The van der Waals surface area contributed by atoms with Crippen molar-refractivity contribution in [1.82, 2.24) is 5.32 Å². The summed E-state index contributed by atoms with van der Waals surface area (Å²) < 4.78 is 25.8. The zero-order valence-electron chi connectivity index (χ0n) is 10.5. The summed E-state index contributed by atoms with van der Waals surface area (Å²) in [4.78, 5) is 4.44. The fraction of sp³-hybridized carbons (Fsp3) is 0.462. The third-order valence-corrected chi connectivity index (χ3v) is 4.15. The van der Waals surface area contributed by atoms with Crippen molar-refractivity contribution in [3.05, 3.63) is 35.4 Å². The number of thioether (sulfide) groups is 1. The van der Waals surface area contributed by atoms with E-state index < -0.39 is 11.6 Å². The lowest BCUT2D eigenvalue weighted by Crippen LogP contribution is -2.31. The third-order valence-electron chi connectivity index (χ3n) is 2.68. The first-order chi connectivity index (χ1) is 8.46. The van der Waals surface area contributed by atoms with Gasteiger partial charge < -0.3 is 5.32 Å². The Morgan fingerprint density at radius 3 is 2.72 bits per heavy atom. The van der Waals surface area contributed by atoms with Crippen LogP contribution in [0.15, 0.2) is 23.2 Å². The molecule has 1 aliphatic heterocycles. The SMILES string of the molecule is CC1(C)CN=C(NCc2ccc(F)c(F)c2)SC1. The lowest BCUT2D eigenvalue weighted by atomic mass is 9.97. The smallest absolute Gasteiger partial charge is 0.159 e. The van der Waals surface area contributed by atoms with Gasteiger partial charge in [0.15, 0.2) is 16.8 Å². The minimum Gasteiger partial charge on any atom is -0.361 e. The van der Waals surface area contributed by atoms with Gasteiger partial charge in [0.2, 0.25) is 0 Å². The van der Waals surface area contributed by atoms with E-state index in [0.29, 0.717) is 12.1 Å². The molecule has 0 amide bonds. The Hall–Kier alpha value is -1.10. The Bertz CT molecular complexity index is 472. The maximum atomic E-state index is 13.0. The van der Waals surface area contributed by atoms with E-state index in [1.54, 1.807) is 17.8 Å². The fourth-order valence-electron chi connectivity index (χ4n) is 1.58. The second-order valence-electron chi connectivity index (χ2n) is 5.18. The van der Waals surface area contributed by atoms with Crippen molar-refractivity contribution >= 4 is 16.9 Å². The average molecular weight is 270 g/mol. The summed E-state index contributed by atoms with van der Waals surface area (Å²) in [7, 11) is 0. The number of aliphatic imine (C=N–C) groups is 1. The molecule has 1 heterocycles. The number of halogens is 2. The van der Waals surface area contributed by atoms with E-state index in [2.05, 4.69) is 24.2 Å². The minimum atomic E-state index is -0.815. The Kier molecular flexibility index (Phi) is 3.90. The first kappa shape index (κ1) is 13.3. The molecule has 1 N–H and O–H groups in total. The highest BCUT2D eigenvalue weighted by Crippen LogP contribution is 2.27. The highest BCUT2D eigenvalue weighted by molar-refractivity contribution is 8.13. The topological polar surface area (TPSA) is 24.4 Å². The largest absolute Gasteiger partial charge is 0.361 e. The van der Waals surface area contributed by atoms with Crippen LogP contribution in [0.3, 0.4) is 0 Å². The number of nitrogens with one attached hydrogen (secondary N) is 1. The van der Waals surface area contributed by atoms with E-state index in [-0.39, 0.29) is 5.41 Å². The molecule has 0 unspecified atom stereocenters. The quantitative estimate of drug-likeness (QED) is 0.892. The van der Waals surface area contributed by atoms with Crippen molar-refractivity contribution in [2.75, 3.05) is 12.3 Å². The molecule has 0 spiro atoms. The molecule has 0 bridgehead atoms. The van der Waals surface area contributed by atoms with Crippen molar-refractivity contribution in [3.8, 4) is 0 Å². The molecule has 18 heavy (non-hydrogen) atoms. The minimum absolute atomic E-state index is 0.234. The molecule has 5 heteroatoms. The average Bonchev–Trinajstić information content (AvgIpc) is 2.32. The lowest BCUT2D eigenvalue weighted by Gasteiger charge is -2.27. The second-order valence-corrected chi connectivity index (χ2v) is 6.14. The van der Waals surface area contributed by atoms with E-state index in [4.69, 9.17) is 0 Å². The molecule has 98 valence electrons. The number of hydrogen-bond donors (Lipinski definition) is 1. The predicted molar refractivity (Wildman–Crippen MR) is 71.7 cm³/mol. The molecule has 0 aromatic heterocycles. The Balaban J connectivity index is 1.92. The summed E-state index contributed by atoms with van der Waals surface area (Å²) in [5, 5.41) is 4.02. The molecule has 2 rings (SSSR count). The third kappa shape index (κ3) is 3.45. The van der Waals surface area contributed by atoms with Crippen molar-refractivity contribution in [2.24, 2.45) is 10.4 Å². The summed E-state index contributed by atoms with van der Waals surface area (Å²) in [5.41, 5.74) is 0.944. The normalized spacial score (nSPS) is 18.3. The molecular formula is C13H16F2N2S. The molecule has 0 aliphatic carbocycles. The van der Waals surface area contributed by atoms with Crippen LogP contribution in [0.2, 0.25) is 0 Å². The molecule has 0 saturated heterocycles. The van der Waals surface area contributed by atoms with Crippen molar-refractivity contribution in [3.63, 3.8) is 0 Å². The number of rotatable bonds is 2. The zero-order chi connectivity index (χ0) is 13.2. The van der Waals surface area contributed by atoms with Crippen molar-refractivity contribution in [2.45, 2.75) is 20.4 Å². The van der Waals surface area contributed by atoms with Crippen LogP contribution in [0.4, 0.5) is 8.78 Å². The summed E-state index contributed by atoms with van der Waals surface area (Å²) in [6.07, 6.45) is 0. The van der Waals surface area contributed by atoms with Gasteiger partial charge in [-0.05, 0) is 23.1 Å². The molecule has 2 nitrogen and oxygen atoms in total. The Morgan fingerprint density at radius 1 is 1.33 bits per heavy atom. The number of hydrogen-bond acceptors (Lipinski definition) is 3. The Labute approximate surface area is 110 Å². The molecule has 1 aromatic rings. The van der Waals surface area contributed by atoms with Gasteiger partial charge in [-0.1, -0.05) is 31.7 Å². The van der Waals surface area contributed by atoms with Crippen LogP contribution < -0.4 is 5.32 Å². The molecule has 0 saturated carbocycles. The molecular weight excluding hydrogens is 254 g/mol. The monoisotopic (exact) mass is 270 g/mol. The number of nitrogens with zero attached hydrogens (tertiary/aromatic N) is 1. The predicted octanol–water partition coefficient (Wildman–Crippen LogP) is 3.18. The van der Waals surface area contributed by atoms with Crippen molar-refractivity contribution in [1.29, 1.82) is 0 Å². The van der Waals surface area contributed by atoms with Gasteiger partial charge in [0.25, 0.3) is 0 Å². The number of amidine groups is 1. The van der Waals surface area contributed by atoms with Gasteiger partial charge in [0.1, 0.15) is 0 Å². The van der Waals surface area contributed by atoms with Crippen molar-refractivity contribution < 1.29 is 8.78 Å². The van der Waals surface area contributed by atoms with Crippen LogP contribution in [0.25, 0.3) is 0 Å². The molecule has 0 atom stereocenters. The molecule has 0 fully saturated rings. The Morgan fingerprint density at radius 2 is 2.11 bits per heavy atom. The number of benzene rings is 1. The van der Waals surface area contributed by atoms with Gasteiger partial charge in [-0.2, -0.15) is 0 Å². The van der Waals surface area contributed by atoms with E-state index in [0.717, 1.165) is 23.5 Å². The van der Waals surface area contributed by atoms with E-state index in [9.17, 15) is 8.78 Å². The van der Waals surface area contributed by atoms with Gasteiger partial charge in [0.05, 0.1) is 0 Å². The van der Waals surface area contributed by atoms with Crippen LogP contribution in [0.1, 0.15) is 19.4 Å². The van der Waals surface area contributed by atoms with Gasteiger partial charge in [-0.25, -0.2) is 8.78 Å². The van der Waals surface area contributed by atoms with Crippen LogP contribution >= 0.6 is 11.8 Å². The van der Waals surface area contributed by atoms with E-state index >= 15 is 0 Å². The highest BCUT2D eigenvalue weighted by atomic mass is 32.2. The standard InChI is InChI=1S/C13H16F2N2S/c1-13(2)7-17-12(18-8-13)16-6-9-3-4-10(14)11(15)5-9/h3-5H,6-8H2,1-2H3,(H,16,17).